The molecule has 0 radical (unpaired) electrons. The second-order valence-corrected chi connectivity index (χ2v) is 5.42. The number of aryl methyl sites for hydroxylation is 2. The Morgan fingerprint density at radius 3 is 2.54 bits per heavy atom. The second-order valence-electron chi connectivity index (χ2n) is 5.42. The number of hydrogen-bond donors (Lipinski definition) is 2. The lowest BCUT2D eigenvalue weighted by atomic mass is 10.1. The van der Waals surface area contributed by atoms with Crippen molar-refractivity contribution in [2.75, 3.05) is 7.11 Å². The predicted molar refractivity (Wildman–Crippen MR) is 93.6 cm³/mol. The average Bonchev–Trinajstić information content (AvgIpc) is 2.52. The Morgan fingerprint density at radius 1 is 1.21 bits per heavy atom. The summed E-state index contributed by atoms with van der Waals surface area (Å²) in [5, 5.41) is 3.75. The number of rotatable bonds is 6. The summed E-state index contributed by atoms with van der Waals surface area (Å²) in [7, 11) is 1.61. The van der Waals surface area contributed by atoms with E-state index in [1.54, 1.807) is 7.11 Å². The largest absolute Gasteiger partial charge is 0.496 e. The molecular formula is C18H21N3O3. The quantitative estimate of drug-likeness (QED) is 0.632. The molecule has 0 fully saturated rings. The van der Waals surface area contributed by atoms with Crippen LogP contribution in [0.15, 0.2) is 41.5 Å². The van der Waals surface area contributed by atoms with Crippen LogP contribution in [0.1, 0.15) is 22.3 Å². The van der Waals surface area contributed by atoms with Crippen LogP contribution in [-0.4, -0.2) is 19.4 Å². The van der Waals surface area contributed by atoms with Crippen molar-refractivity contribution >= 4 is 12.2 Å². The van der Waals surface area contributed by atoms with E-state index in [2.05, 4.69) is 16.6 Å². The van der Waals surface area contributed by atoms with E-state index >= 15 is 0 Å². The Balaban J connectivity index is 2.15. The molecule has 0 saturated heterocycles. The van der Waals surface area contributed by atoms with Gasteiger partial charge in [-0.1, -0.05) is 6.07 Å². The van der Waals surface area contributed by atoms with Crippen molar-refractivity contribution in [1.82, 2.24) is 5.43 Å². The monoisotopic (exact) mass is 327 g/mol. The molecule has 0 aliphatic carbocycles. The first-order valence-corrected chi connectivity index (χ1v) is 7.44. The van der Waals surface area contributed by atoms with E-state index in [-0.39, 0.29) is 0 Å². The van der Waals surface area contributed by atoms with E-state index < -0.39 is 6.03 Å². The lowest BCUT2D eigenvalue weighted by Gasteiger charge is -2.12. The van der Waals surface area contributed by atoms with Gasteiger partial charge in [0.25, 0.3) is 0 Å². The molecule has 2 rings (SSSR count). The predicted octanol–water partition coefficient (Wildman–Crippen LogP) is 2.89. The molecule has 0 aromatic heterocycles. The summed E-state index contributed by atoms with van der Waals surface area (Å²) in [5.41, 5.74) is 11.1. The fraction of sp³-hybridized carbons (Fsp3) is 0.222. The van der Waals surface area contributed by atoms with Crippen molar-refractivity contribution in [3.05, 3.63) is 58.7 Å². The number of hydrazone groups is 1. The Labute approximate surface area is 141 Å². The molecule has 0 heterocycles. The zero-order valence-electron chi connectivity index (χ0n) is 14.0. The van der Waals surface area contributed by atoms with Crippen molar-refractivity contribution in [1.29, 1.82) is 0 Å². The number of nitrogens with one attached hydrogen (secondary N) is 1. The van der Waals surface area contributed by atoms with Crippen molar-refractivity contribution < 1.29 is 14.3 Å². The van der Waals surface area contributed by atoms with Gasteiger partial charge < -0.3 is 15.2 Å². The van der Waals surface area contributed by atoms with Crippen LogP contribution in [0.3, 0.4) is 0 Å². The lowest BCUT2D eigenvalue weighted by molar-refractivity contribution is 0.249. The van der Waals surface area contributed by atoms with Crippen molar-refractivity contribution in [2.24, 2.45) is 10.8 Å². The Bertz CT molecular complexity index is 737. The van der Waals surface area contributed by atoms with Crippen LogP contribution < -0.4 is 20.6 Å². The van der Waals surface area contributed by atoms with Crippen LogP contribution in [0.5, 0.6) is 11.5 Å². The standard InChI is InChI=1S/C18H21N3O3/c1-12-6-13(2)8-16(7-12)24-11-15-9-14(4-5-17(15)23-3)10-20-21-18(19)22/h4-10H,11H2,1-3H3,(H3,19,21,22). The first-order chi connectivity index (χ1) is 11.5. The molecule has 0 aliphatic heterocycles. The van der Waals surface area contributed by atoms with Gasteiger partial charge in [0.1, 0.15) is 18.1 Å². The summed E-state index contributed by atoms with van der Waals surface area (Å²) < 4.78 is 11.2. The minimum Gasteiger partial charge on any atom is -0.496 e. The summed E-state index contributed by atoms with van der Waals surface area (Å²) in [5.74, 6) is 1.53. The fourth-order valence-electron chi connectivity index (χ4n) is 2.34. The fourth-order valence-corrected chi connectivity index (χ4v) is 2.34. The maximum absolute atomic E-state index is 10.6. The lowest BCUT2D eigenvalue weighted by Crippen LogP contribution is -2.24. The van der Waals surface area contributed by atoms with Gasteiger partial charge in [0.2, 0.25) is 0 Å². The number of carbonyl (C=O) groups excluding carboxylic acids is 1. The Morgan fingerprint density at radius 2 is 1.92 bits per heavy atom. The minimum atomic E-state index is -0.710. The van der Waals surface area contributed by atoms with Crippen LogP contribution in [0.2, 0.25) is 0 Å². The first kappa shape index (κ1) is 17.3. The third kappa shape index (κ3) is 5.01. The molecule has 0 spiro atoms. The molecule has 3 N–H and O–H groups in total. The molecule has 24 heavy (non-hydrogen) atoms. The highest BCUT2D eigenvalue weighted by molar-refractivity contribution is 5.82. The van der Waals surface area contributed by atoms with Crippen LogP contribution in [0, 0.1) is 13.8 Å². The summed E-state index contributed by atoms with van der Waals surface area (Å²) in [6.07, 6.45) is 1.50. The maximum Gasteiger partial charge on any atom is 0.332 e. The molecule has 2 amide bonds. The van der Waals surface area contributed by atoms with Crippen LogP contribution >= 0.6 is 0 Å². The minimum absolute atomic E-state index is 0.358. The molecule has 0 aliphatic rings. The number of ether oxygens (including phenoxy) is 2. The molecule has 6 nitrogen and oxygen atoms in total. The van der Waals surface area contributed by atoms with E-state index in [1.807, 2.05) is 44.2 Å². The van der Waals surface area contributed by atoms with Gasteiger partial charge in [0, 0.05) is 5.56 Å². The molecule has 2 aromatic rings. The maximum atomic E-state index is 10.6. The van der Waals surface area contributed by atoms with Gasteiger partial charge in [-0.05, 0) is 60.9 Å². The number of hydrogen-bond acceptors (Lipinski definition) is 4. The summed E-state index contributed by atoms with van der Waals surface area (Å²) in [6.45, 7) is 4.42. The van der Waals surface area contributed by atoms with E-state index in [0.717, 1.165) is 33.8 Å². The summed E-state index contributed by atoms with van der Waals surface area (Å²) in [6, 6.07) is 10.9. The van der Waals surface area contributed by atoms with E-state index in [0.29, 0.717) is 6.61 Å². The topological polar surface area (TPSA) is 85.9 Å². The van der Waals surface area contributed by atoms with Crippen molar-refractivity contribution in [3.63, 3.8) is 0 Å². The molecule has 0 bridgehead atoms. The zero-order valence-corrected chi connectivity index (χ0v) is 14.0. The Hall–Kier alpha value is -3.02. The van der Waals surface area contributed by atoms with Crippen LogP contribution in [0.4, 0.5) is 4.79 Å². The smallest absolute Gasteiger partial charge is 0.332 e. The number of urea groups is 1. The van der Waals surface area contributed by atoms with Gasteiger partial charge in [-0.25, -0.2) is 10.2 Å². The van der Waals surface area contributed by atoms with E-state index in [9.17, 15) is 4.79 Å². The highest BCUT2D eigenvalue weighted by Gasteiger charge is 2.06. The van der Waals surface area contributed by atoms with Gasteiger partial charge in [-0.3, -0.25) is 0 Å². The van der Waals surface area contributed by atoms with Gasteiger partial charge in [0.15, 0.2) is 0 Å². The molecule has 0 atom stereocenters. The molecule has 2 aromatic carbocycles. The van der Waals surface area contributed by atoms with Crippen molar-refractivity contribution in [2.45, 2.75) is 20.5 Å². The van der Waals surface area contributed by atoms with E-state index in [1.165, 1.54) is 6.21 Å². The van der Waals surface area contributed by atoms with Gasteiger partial charge >= 0.3 is 6.03 Å². The highest BCUT2D eigenvalue weighted by Crippen LogP contribution is 2.23. The average molecular weight is 327 g/mol. The number of carbonyl (C=O) groups is 1. The summed E-state index contributed by atoms with van der Waals surface area (Å²) >= 11 is 0. The van der Waals surface area contributed by atoms with Gasteiger partial charge in [-0.15, -0.1) is 0 Å². The number of primary amides is 1. The van der Waals surface area contributed by atoms with Crippen LogP contribution in [-0.2, 0) is 6.61 Å². The molecular weight excluding hydrogens is 306 g/mol. The number of methoxy groups -OCH3 is 1. The molecule has 0 saturated carbocycles. The third-order valence-electron chi connectivity index (χ3n) is 3.28. The SMILES string of the molecule is COc1ccc(C=NNC(N)=O)cc1COc1cc(C)cc(C)c1. The number of amides is 2. The number of benzene rings is 2. The van der Waals surface area contributed by atoms with E-state index in [4.69, 9.17) is 15.2 Å². The van der Waals surface area contributed by atoms with Gasteiger partial charge in [-0.2, -0.15) is 5.10 Å². The number of nitrogens with two attached hydrogens (primary N) is 1. The normalized spacial score (nSPS) is 10.6. The molecule has 126 valence electrons. The van der Waals surface area contributed by atoms with Crippen molar-refractivity contribution in [3.8, 4) is 11.5 Å². The zero-order chi connectivity index (χ0) is 17.5. The molecule has 6 heteroatoms. The number of nitrogens with zero attached hydrogens (tertiary/aromatic N) is 1. The highest BCUT2D eigenvalue weighted by atomic mass is 16.5. The third-order valence-corrected chi connectivity index (χ3v) is 3.28. The summed E-state index contributed by atoms with van der Waals surface area (Å²) in [4.78, 5) is 10.6. The first-order valence-electron chi connectivity index (χ1n) is 7.44. The second kappa shape index (κ2) is 8.01. The van der Waals surface area contributed by atoms with Crippen LogP contribution in [0.25, 0.3) is 0 Å². The Kier molecular flexibility index (Phi) is 5.78. The van der Waals surface area contributed by atoms with Gasteiger partial charge in [0.05, 0.1) is 13.3 Å². The molecule has 0 unspecified atom stereocenters.